The number of aryl methyl sites for hydroxylation is 1. The van der Waals surface area contributed by atoms with E-state index < -0.39 is 0 Å². The Morgan fingerprint density at radius 3 is 2.65 bits per heavy atom. The summed E-state index contributed by atoms with van der Waals surface area (Å²) in [7, 11) is 1.60. The minimum Gasteiger partial charge on any atom is -0.497 e. The number of morpholine rings is 1. The molecule has 0 atom stereocenters. The number of benzene rings is 2. The molecular weight excluding hydrogens is 396 g/mol. The molecule has 0 bridgehead atoms. The molecule has 0 N–H and O–H groups in total. The van der Waals surface area contributed by atoms with E-state index >= 15 is 0 Å². The first-order chi connectivity index (χ1) is 15.1. The summed E-state index contributed by atoms with van der Waals surface area (Å²) in [5.41, 5.74) is 3.18. The molecule has 0 amide bonds. The Balaban J connectivity index is 1.88. The monoisotopic (exact) mass is 420 g/mol. The Morgan fingerprint density at radius 1 is 1.13 bits per heavy atom. The lowest BCUT2D eigenvalue weighted by Crippen LogP contribution is -2.36. The molecule has 0 unspecified atom stereocenters. The van der Waals surface area contributed by atoms with Crippen LogP contribution in [0.15, 0.2) is 58.5 Å². The molecule has 8 nitrogen and oxygen atoms in total. The van der Waals surface area contributed by atoms with Crippen molar-refractivity contribution in [2.45, 2.75) is 13.3 Å². The Kier molecular flexibility index (Phi) is 6.08. The SMILES string of the molecule is CCc1cc(-c2cccc(OC)c2)nn(-c2cc(N3CCOCC3)ccc2N=O)c1=O. The Morgan fingerprint density at radius 2 is 1.94 bits per heavy atom. The maximum atomic E-state index is 13.2. The van der Waals surface area contributed by atoms with Gasteiger partial charge in [0, 0.05) is 29.9 Å². The van der Waals surface area contributed by atoms with Crippen molar-refractivity contribution < 1.29 is 9.47 Å². The van der Waals surface area contributed by atoms with E-state index in [-0.39, 0.29) is 11.2 Å². The highest BCUT2D eigenvalue weighted by atomic mass is 16.5. The average Bonchev–Trinajstić information content (AvgIpc) is 2.84. The maximum Gasteiger partial charge on any atom is 0.274 e. The fourth-order valence-electron chi connectivity index (χ4n) is 3.66. The number of hydrogen-bond donors (Lipinski definition) is 0. The summed E-state index contributed by atoms with van der Waals surface area (Å²) in [4.78, 5) is 26.9. The fraction of sp³-hybridized carbons (Fsp3) is 0.304. The van der Waals surface area contributed by atoms with Crippen LogP contribution in [-0.4, -0.2) is 43.2 Å². The van der Waals surface area contributed by atoms with Crippen molar-refractivity contribution in [2.75, 3.05) is 38.3 Å². The van der Waals surface area contributed by atoms with Gasteiger partial charge in [-0.1, -0.05) is 19.1 Å². The van der Waals surface area contributed by atoms with Gasteiger partial charge in [-0.2, -0.15) is 9.78 Å². The van der Waals surface area contributed by atoms with Gasteiger partial charge in [0.25, 0.3) is 5.56 Å². The molecule has 4 rings (SSSR count). The highest BCUT2D eigenvalue weighted by Crippen LogP contribution is 2.29. The first-order valence-electron chi connectivity index (χ1n) is 10.2. The molecule has 1 aliphatic heterocycles. The topological polar surface area (TPSA) is 86.0 Å². The summed E-state index contributed by atoms with van der Waals surface area (Å²) < 4.78 is 12.0. The number of anilines is 1. The predicted octanol–water partition coefficient (Wildman–Crippen LogP) is 3.71. The largest absolute Gasteiger partial charge is 0.497 e. The molecule has 3 aromatic rings. The van der Waals surface area contributed by atoms with Gasteiger partial charge in [0.05, 0.1) is 26.0 Å². The van der Waals surface area contributed by atoms with E-state index in [9.17, 15) is 9.70 Å². The molecule has 31 heavy (non-hydrogen) atoms. The smallest absolute Gasteiger partial charge is 0.274 e. The predicted molar refractivity (Wildman–Crippen MR) is 120 cm³/mol. The lowest BCUT2D eigenvalue weighted by Gasteiger charge is -2.29. The summed E-state index contributed by atoms with van der Waals surface area (Å²) >= 11 is 0. The summed E-state index contributed by atoms with van der Waals surface area (Å²) in [6.07, 6.45) is 0.533. The zero-order valence-corrected chi connectivity index (χ0v) is 17.6. The molecule has 2 heterocycles. The standard InChI is InChI=1S/C23H24N4O4/c1-3-16-14-21(17-5-4-6-19(13-17)30-2)24-27(23(16)28)22-15-18(7-8-20(22)25-29)26-9-11-31-12-10-26/h4-8,13-15H,3,9-12H2,1-2H3. The van der Waals surface area contributed by atoms with Crippen LogP contribution in [0.2, 0.25) is 0 Å². The van der Waals surface area contributed by atoms with Crippen LogP contribution < -0.4 is 15.2 Å². The molecule has 0 radical (unpaired) electrons. The molecular formula is C23H24N4O4. The van der Waals surface area contributed by atoms with E-state index in [1.54, 1.807) is 25.3 Å². The van der Waals surface area contributed by atoms with Gasteiger partial charge in [0.2, 0.25) is 0 Å². The van der Waals surface area contributed by atoms with Crippen LogP contribution in [0.25, 0.3) is 16.9 Å². The normalized spacial score (nSPS) is 13.8. The van der Waals surface area contributed by atoms with Crippen molar-refractivity contribution in [3.8, 4) is 22.7 Å². The third kappa shape index (κ3) is 4.20. The maximum absolute atomic E-state index is 13.2. The van der Waals surface area contributed by atoms with E-state index in [0.717, 1.165) is 24.3 Å². The number of methoxy groups -OCH3 is 1. The zero-order valence-electron chi connectivity index (χ0n) is 17.6. The van der Waals surface area contributed by atoms with Crippen LogP contribution in [0.3, 0.4) is 0 Å². The van der Waals surface area contributed by atoms with Crippen LogP contribution >= 0.6 is 0 Å². The molecule has 160 valence electrons. The van der Waals surface area contributed by atoms with Crippen LogP contribution in [0.4, 0.5) is 11.4 Å². The quantitative estimate of drug-likeness (QED) is 0.565. The van der Waals surface area contributed by atoms with Gasteiger partial charge in [-0.25, -0.2) is 0 Å². The molecule has 0 saturated carbocycles. The van der Waals surface area contributed by atoms with Crippen molar-refractivity contribution in [1.29, 1.82) is 0 Å². The van der Waals surface area contributed by atoms with Gasteiger partial charge in [-0.05, 0) is 48.0 Å². The molecule has 2 aromatic carbocycles. The van der Waals surface area contributed by atoms with E-state index in [1.807, 2.05) is 37.3 Å². The fourth-order valence-corrected chi connectivity index (χ4v) is 3.66. The van der Waals surface area contributed by atoms with E-state index in [2.05, 4.69) is 15.2 Å². The molecule has 1 aromatic heterocycles. The average molecular weight is 420 g/mol. The van der Waals surface area contributed by atoms with Crippen LogP contribution in [0, 0.1) is 4.91 Å². The summed E-state index contributed by atoms with van der Waals surface area (Å²) in [6.45, 7) is 4.65. The van der Waals surface area contributed by atoms with Crippen LogP contribution in [0.5, 0.6) is 5.75 Å². The van der Waals surface area contributed by atoms with Gasteiger partial charge in [-0.3, -0.25) is 4.79 Å². The minimum atomic E-state index is -0.266. The van der Waals surface area contributed by atoms with Gasteiger partial charge in [-0.15, -0.1) is 4.91 Å². The van der Waals surface area contributed by atoms with Gasteiger partial charge in [0.1, 0.15) is 17.1 Å². The molecule has 1 aliphatic rings. The number of aromatic nitrogens is 2. The Hall–Kier alpha value is -3.52. The lowest BCUT2D eigenvalue weighted by molar-refractivity contribution is 0.122. The third-order valence-corrected chi connectivity index (χ3v) is 5.39. The number of nitrogens with zero attached hydrogens (tertiary/aromatic N) is 4. The number of ether oxygens (including phenoxy) is 2. The van der Waals surface area contributed by atoms with Crippen molar-refractivity contribution in [2.24, 2.45) is 5.18 Å². The first-order valence-corrected chi connectivity index (χ1v) is 10.2. The summed E-state index contributed by atoms with van der Waals surface area (Å²) in [6, 6.07) is 14.5. The number of rotatable bonds is 6. The number of nitroso groups, excluding NO2 is 1. The van der Waals surface area contributed by atoms with Crippen molar-refractivity contribution in [3.63, 3.8) is 0 Å². The second-order valence-corrected chi connectivity index (χ2v) is 7.22. The van der Waals surface area contributed by atoms with E-state index in [0.29, 0.717) is 42.3 Å². The van der Waals surface area contributed by atoms with Gasteiger partial charge in [0.15, 0.2) is 0 Å². The van der Waals surface area contributed by atoms with E-state index in [1.165, 1.54) is 4.68 Å². The Labute approximate surface area is 180 Å². The van der Waals surface area contributed by atoms with Gasteiger partial charge < -0.3 is 14.4 Å². The third-order valence-electron chi connectivity index (χ3n) is 5.39. The molecule has 0 aliphatic carbocycles. The molecule has 0 spiro atoms. The van der Waals surface area contributed by atoms with Crippen molar-refractivity contribution >= 4 is 11.4 Å². The second kappa shape index (κ2) is 9.09. The highest BCUT2D eigenvalue weighted by molar-refractivity contribution is 5.67. The molecule has 8 heteroatoms. The summed E-state index contributed by atoms with van der Waals surface area (Å²) in [5.74, 6) is 0.694. The molecule has 1 fully saturated rings. The minimum absolute atomic E-state index is 0.163. The van der Waals surface area contributed by atoms with Crippen molar-refractivity contribution in [3.05, 3.63) is 69.4 Å². The molecule has 1 saturated heterocycles. The first kappa shape index (κ1) is 20.7. The second-order valence-electron chi connectivity index (χ2n) is 7.22. The lowest BCUT2D eigenvalue weighted by atomic mass is 10.1. The van der Waals surface area contributed by atoms with Crippen LogP contribution in [0.1, 0.15) is 12.5 Å². The summed E-state index contributed by atoms with van der Waals surface area (Å²) in [5, 5.41) is 7.74. The van der Waals surface area contributed by atoms with Gasteiger partial charge >= 0.3 is 0 Å². The zero-order chi connectivity index (χ0) is 21.8. The Bertz CT molecular complexity index is 1150. The number of hydrogen-bond acceptors (Lipinski definition) is 7. The van der Waals surface area contributed by atoms with E-state index in [4.69, 9.17) is 9.47 Å². The highest BCUT2D eigenvalue weighted by Gasteiger charge is 2.18. The van der Waals surface area contributed by atoms with Crippen LogP contribution in [-0.2, 0) is 11.2 Å². The van der Waals surface area contributed by atoms with Crippen molar-refractivity contribution in [1.82, 2.24) is 9.78 Å².